The third-order valence-electron chi connectivity index (χ3n) is 3.98. The largest absolute Gasteiger partial charge is 0.573 e. The average Bonchev–Trinajstić information content (AvgIpc) is 2.58. The molecule has 28 heavy (non-hydrogen) atoms. The Kier molecular flexibility index (Phi) is 5.78. The molecule has 2 aromatic rings. The zero-order chi connectivity index (χ0) is 20.3. The molecule has 0 unspecified atom stereocenters. The normalized spacial score (nSPS) is 15.6. The molecule has 5 nitrogen and oxygen atoms in total. The molecule has 1 atom stereocenters. The smallest absolute Gasteiger partial charge is 0.457 e. The highest BCUT2D eigenvalue weighted by atomic mass is 19.4. The summed E-state index contributed by atoms with van der Waals surface area (Å²) in [5.41, 5.74) is -0.111. The first kappa shape index (κ1) is 20.0. The van der Waals surface area contributed by atoms with Crippen LogP contribution in [0.1, 0.15) is 23.6 Å². The fourth-order valence-corrected chi connectivity index (χ4v) is 2.65. The van der Waals surface area contributed by atoms with Crippen molar-refractivity contribution in [1.29, 1.82) is 0 Å². The third kappa shape index (κ3) is 4.94. The molecule has 1 aromatic carbocycles. The standard InChI is InChI=1S/C18H14F5NO4/c19-13-2-1-5-24-17(13)12(7-16(25)27-11-8-26-9-11)10-3-4-15(14(20)6-10)28-18(21,22)23/h1-6,11-12H,7-9H2/t12-/m0/s1. The Hall–Kier alpha value is -2.75. The van der Waals surface area contributed by atoms with Crippen molar-refractivity contribution in [2.75, 3.05) is 13.2 Å². The molecule has 3 rings (SSSR count). The van der Waals surface area contributed by atoms with Gasteiger partial charge in [0.2, 0.25) is 0 Å². The van der Waals surface area contributed by atoms with Gasteiger partial charge in [0.05, 0.1) is 25.3 Å². The van der Waals surface area contributed by atoms with Crippen molar-refractivity contribution < 1.29 is 41.0 Å². The second-order valence-corrected chi connectivity index (χ2v) is 6.01. The number of benzene rings is 1. The summed E-state index contributed by atoms with van der Waals surface area (Å²) in [4.78, 5) is 16.1. The van der Waals surface area contributed by atoms with Crippen molar-refractivity contribution >= 4 is 5.97 Å². The maximum atomic E-state index is 14.2. The Morgan fingerprint density at radius 2 is 1.96 bits per heavy atom. The van der Waals surface area contributed by atoms with Gasteiger partial charge in [0.1, 0.15) is 11.9 Å². The minimum atomic E-state index is -5.07. The van der Waals surface area contributed by atoms with E-state index in [4.69, 9.17) is 9.47 Å². The fraction of sp³-hybridized carbons (Fsp3) is 0.333. The summed E-state index contributed by atoms with van der Waals surface area (Å²) in [6.07, 6.45) is -4.58. The van der Waals surface area contributed by atoms with Crippen molar-refractivity contribution in [3.63, 3.8) is 0 Å². The molecule has 0 bridgehead atoms. The molecule has 0 radical (unpaired) electrons. The molecule has 0 saturated carbocycles. The molecule has 1 aliphatic heterocycles. The highest BCUT2D eigenvalue weighted by Gasteiger charge is 2.33. The average molecular weight is 403 g/mol. The summed E-state index contributed by atoms with van der Waals surface area (Å²) in [5.74, 6) is -4.85. The monoisotopic (exact) mass is 403 g/mol. The summed E-state index contributed by atoms with van der Waals surface area (Å²) in [6, 6.07) is 5.07. The number of carbonyl (C=O) groups excluding carboxylic acids is 1. The van der Waals surface area contributed by atoms with E-state index in [0.717, 1.165) is 24.3 Å². The van der Waals surface area contributed by atoms with Crippen LogP contribution < -0.4 is 4.74 Å². The van der Waals surface area contributed by atoms with Crippen LogP contribution >= 0.6 is 0 Å². The first-order chi connectivity index (χ1) is 13.2. The molecule has 1 fully saturated rings. The highest BCUT2D eigenvalue weighted by Crippen LogP contribution is 2.33. The molecule has 1 aliphatic rings. The predicted molar refractivity (Wildman–Crippen MR) is 84.4 cm³/mol. The van der Waals surface area contributed by atoms with Gasteiger partial charge in [0.15, 0.2) is 11.6 Å². The number of rotatable bonds is 6. The topological polar surface area (TPSA) is 57.7 Å². The molecule has 0 aliphatic carbocycles. The molecule has 1 saturated heterocycles. The minimum absolute atomic E-state index is 0.0476. The molecule has 150 valence electrons. The van der Waals surface area contributed by atoms with E-state index in [1.165, 1.54) is 12.3 Å². The Morgan fingerprint density at radius 3 is 2.54 bits per heavy atom. The maximum absolute atomic E-state index is 14.2. The number of hydrogen-bond donors (Lipinski definition) is 0. The van der Waals surface area contributed by atoms with Gasteiger partial charge in [-0.05, 0) is 29.8 Å². The quantitative estimate of drug-likeness (QED) is 0.544. The maximum Gasteiger partial charge on any atom is 0.573 e. The molecule has 10 heteroatoms. The van der Waals surface area contributed by atoms with E-state index in [1.54, 1.807) is 0 Å². The summed E-state index contributed by atoms with van der Waals surface area (Å²) >= 11 is 0. The predicted octanol–water partition coefficient (Wildman–Crippen LogP) is 3.72. The number of ether oxygens (including phenoxy) is 3. The lowest BCUT2D eigenvalue weighted by atomic mass is 9.91. The fourth-order valence-electron chi connectivity index (χ4n) is 2.65. The van der Waals surface area contributed by atoms with Gasteiger partial charge in [-0.25, -0.2) is 8.78 Å². The van der Waals surface area contributed by atoms with Crippen molar-refractivity contribution in [2.45, 2.75) is 24.8 Å². The molecule has 1 aromatic heterocycles. The van der Waals surface area contributed by atoms with Crippen LogP contribution in [-0.2, 0) is 14.3 Å². The van der Waals surface area contributed by atoms with Gasteiger partial charge in [-0.2, -0.15) is 0 Å². The molecular weight excluding hydrogens is 389 g/mol. The molecule has 0 spiro atoms. The zero-order valence-electron chi connectivity index (χ0n) is 14.2. The second-order valence-electron chi connectivity index (χ2n) is 6.01. The van der Waals surface area contributed by atoms with Gasteiger partial charge in [-0.3, -0.25) is 9.78 Å². The number of aromatic nitrogens is 1. The van der Waals surface area contributed by atoms with Crippen molar-refractivity contribution in [1.82, 2.24) is 4.98 Å². The summed E-state index contributed by atoms with van der Waals surface area (Å²) in [6.45, 7) is 0.485. The van der Waals surface area contributed by atoms with E-state index in [0.29, 0.717) is 0 Å². The third-order valence-corrected chi connectivity index (χ3v) is 3.98. The lowest BCUT2D eigenvalue weighted by molar-refractivity contribution is -0.275. The molecule has 0 amide bonds. The van der Waals surface area contributed by atoms with E-state index in [9.17, 15) is 26.7 Å². The van der Waals surface area contributed by atoms with Crippen molar-refractivity contribution in [3.05, 3.63) is 59.4 Å². The number of esters is 1. The van der Waals surface area contributed by atoms with Crippen LogP contribution in [0.4, 0.5) is 22.0 Å². The Balaban J connectivity index is 1.88. The van der Waals surface area contributed by atoms with Gasteiger partial charge in [-0.1, -0.05) is 6.07 Å². The first-order valence-corrected chi connectivity index (χ1v) is 8.16. The van der Waals surface area contributed by atoms with E-state index in [1.807, 2.05) is 0 Å². The summed E-state index contributed by atoms with van der Waals surface area (Å²) < 4.78 is 78.9. The number of alkyl halides is 3. The number of hydrogen-bond acceptors (Lipinski definition) is 5. The van der Waals surface area contributed by atoms with Gasteiger partial charge in [0, 0.05) is 12.1 Å². The van der Waals surface area contributed by atoms with Crippen LogP contribution in [0, 0.1) is 11.6 Å². The highest BCUT2D eigenvalue weighted by molar-refractivity contribution is 5.71. The summed E-state index contributed by atoms with van der Waals surface area (Å²) in [7, 11) is 0. The lowest BCUT2D eigenvalue weighted by Crippen LogP contribution is -2.38. The van der Waals surface area contributed by atoms with Gasteiger partial charge < -0.3 is 14.2 Å². The van der Waals surface area contributed by atoms with Crippen LogP contribution in [0.5, 0.6) is 5.75 Å². The minimum Gasteiger partial charge on any atom is -0.457 e. The van der Waals surface area contributed by atoms with E-state index in [-0.39, 0.29) is 30.9 Å². The summed E-state index contributed by atoms with van der Waals surface area (Å²) in [5, 5.41) is 0. The van der Waals surface area contributed by atoms with E-state index >= 15 is 0 Å². The van der Waals surface area contributed by atoms with Gasteiger partial charge >= 0.3 is 12.3 Å². The van der Waals surface area contributed by atoms with Crippen LogP contribution in [0.3, 0.4) is 0 Å². The van der Waals surface area contributed by atoms with Crippen LogP contribution in [0.25, 0.3) is 0 Å². The van der Waals surface area contributed by atoms with Crippen LogP contribution in [0.2, 0.25) is 0 Å². The van der Waals surface area contributed by atoms with Crippen molar-refractivity contribution in [3.8, 4) is 5.75 Å². The number of nitrogens with zero attached hydrogens (tertiary/aromatic N) is 1. The van der Waals surface area contributed by atoms with Crippen LogP contribution in [0.15, 0.2) is 36.5 Å². The number of halogens is 5. The molecular formula is C18H14F5NO4. The lowest BCUT2D eigenvalue weighted by Gasteiger charge is -2.26. The van der Waals surface area contributed by atoms with Crippen molar-refractivity contribution in [2.24, 2.45) is 0 Å². The zero-order valence-corrected chi connectivity index (χ0v) is 14.2. The number of carbonyl (C=O) groups is 1. The Labute approximate surface area is 156 Å². The van der Waals surface area contributed by atoms with E-state index in [2.05, 4.69) is 9.72 Å². The second kappa shape index (κ2) is 8.09. The first-order valence-electron chi connectivity index (χ1n) is 8.16. The Morgan fingerprint density at radius 1 is 1.21 bits per heavy atom. The van der Waals surface area contributed by atoms with Gasteiger partial charge in [0.25, 0.3) is 0 Å². The van der Waals surface area contributed by atoms with Gasteiger partial charge in [-0.15, -0.1) is 13.2 Å². The Bertz CT molecular complexity index is 854. The van der Waals surface area contributed by atoms with E-state index < -0.39 is 41.7 Å². The molecule has 0 N–H and O–H groups in total. The number of pyridine rings is 1. The van der Waals surface area contributed by atoms with Crippen LogP contribution in [-0.4, -0.2) is 36.6 Å². The SMILES string of the molecule is O=C(C[C@@H](c1ccc(OC(F)(F)F)c(F)c1)c1ncccc1F)OC1COC1. The molecule has 2 heterocycles.